The summed E-state index contributed by atoms with van der Waals surface area (Å²) in [4.78, 5) is 7.90. The van der Waals surface area contributed by atoms with Crippen molar-refractivity contribution in [3.63, 3.8) is 0 Å². The maximum Gasteiger partial charge on any atom is 0.193 e. The van der Waals surface area contributed by atoms with E-state index < -0.39 is 0 Å². The number of thiophene rings is 1. The lowest BCUT2D eigenvalue weighted by Crippen LogP contribution is -2.26. The lowest BCUT2D eigenvalue weighted by atomic mass is 10.2. The summed E-state index contributed by atoms with van der Waals surface area (Å²) in [5.41, 5.74) is 6.88. The average Bonchev–Trinajstić information content (AvgIpc) is 2.93. The van der Waals surface area contributed by atoms with E-state index in [2.05, 4.69) is 46.8 Å². The van der Waals surface area contributed by atoms with E-state index in [0.29, 0.717) is 12.5 Å². The standard InChI is InChI=1S/C15H20N4S/c1-19(2)13(14-9-6-10-20-14)11-17-15(16)18-12-7-4-3-5-8-12/h3-10,13H,11H2,1-2H3,(H3,16,17,18). The zero-order chi connectivity index (χ0) is 14.4. The van der Waals surface area contributed by atoms with Crippen molar-refractivity contribution < 1.29 is 0 Å². The summed E-state index contributed by atoms with van der Waals surface area (Å²) in [5, 5.41) is 5.18. The summed E-state index contributed by atoms with van der Waals surface area (Å²) in [5.74, 6) is 0.444. The fraction of sp³-hybridized carbons (Fsp3) is 0.267. The number of nitrogens with two attached hydrogens (primary N) is 1. The number of benzene rings is 1. The third kappa shape index (κ3) is 4.08. The first-order valence-corrected chi connectivity index (χ1v) is 7.36. The molecule has 3 N–H and O–H groups in total. The lowest BCUT2D eigenvalue weighted by Gasteiger charge is -2.21. The van der Waals surface area contributed by atoms with Gasteiger partial charge in [-0.25, -0.2) is 0 Å². The molecule has 2 rings (SSSR count). The molecule has 0 aliphatic heterocycles. The molecule has 0 aliphatic carbocycles. The van der Waals surface area contributed by atoms with Gasteiger partial charge in [-0.1, -0.05) is 24.3 Å². The second-order valence-electron chi connectivity index (χ2n) is 4.71. The minimum atomic E-state index is 0.256. The minimum Gasteiger partial charge on any atom is -0.370 e. The van der Waals surface area contributed by atoms with E-state index in [1.165, 1.54) is 4.88 Å². The van der Waals surface area contributed by atoms with Crippen molar-refractivity contribution in [3.05, 3.63) is 52.7 Å². The number of aliphatic imine (C=N–C) groups is 1. The molecular formula is C15H20N4S. The summed E-state index contributed by atoms with van der Waals surface area (Å²) in [6.07, 6.45) is 0. The van der Waals surface area contributed by atoms with Gasteiger partial charge in [-0.2, -0.15) is 0 Å². The highest BCUT2D eigenvalue weighted by Crippen LogP contribution is 2.23. The summed E-state index contributed by atoms with van der Waals surface area (Å²) in [6, 6.07) is 14.3. The van der Waals surface area contributed by atoms with Gasteiger partial charge >= 0.3 is 0 Å². The van der Waals surface area contributed by atoms with Crippen molar-refractivity contribution >= 4 is 23.0 Å². The molecule has 0 fully saturated rings. The molecule has 0 amide bonds. The SMILES string of the molecule is CN(C)C(CN=C(N)Nc1ccccc1)c1cccs1. The summed E-state index contributed by atoms with van der Waals surface area (Å²) in [7, 11) is 4.11. The molecule has 1 unspecified atom stereocenters. The van der Waals surface area contributed by atoms with Crippen LogP contribution in [0.15, 0.2) is 52.8 Å². The quantitative estimate of drug-likeness (QED) is 0.657. The van der Waals surface area contributed by atoms with Crippen LogP contribution in [0.2, 0.25) is 0 Å². The molecule has 1 heterocycles. The van der Waals surface area contributed by atoms with Crippen molar-refractivity contribution in [1.29, 1.82) is 0 Å². The Morgan fingerprint density at radius 2 is 2.00 bits per heavy atom. The highest BCUT2D eigenvalue weighted by Gasteiger charge is 2.14. The predicted octanol–water partition coefficient (Wildman–Crippen LogP) is 2.78. The first-order valence-electron chi connectivity index (χ1n) is 6.48. The molecule has 0 radical (unpaired) electrons. The van der Waals surface area contributed by atoms with Crippen molar-refractivity contribution in [3.8, 4) is 0 Å². The van der Waals surface area contributed by atoms with E-state index in [1.807, 2.05) is 30.3 Å². The van der Waals surface area contributed by atoms with Gasteiger partial charge in [-0.05, 0) is 37.7 Å². The first kappa shape index (κ1) is 14.6. The molecule has 2 aromatic rings. The van der Waals surface area contributed by atoms with Gasteiger partial charge in [0.2, 0.25) is 0 Å². The Morgan fingerprint density at radius 1 is 1.25 bits per heavy atom. The Bertz CT molecular complexity index is 534. The second kappa shape index (κ2) is 7.07. The Labute approximate surface area is 123 Å². The number of hydrogen-bond donors (Lipinski definition) is 2. The molecule has 0 spiro atoms. The van der Waals surface area contributed by atoms with Crippen LogP contribution in [0.4, 0.5) is 5.69 Å². The minimum absolute atomic E-state index is 0.256. The van der Waals surface area contributed by atoms with E-state index in [4.69, 9.17) is 5.73 Å². The molecule has 1 aromatic heterocycles. The van der Waals surface area contributed by atoms with Crippen LogP contribution in [0.3, 0.4) is 0 Å². The lowest BCUT2D eigenvalue weighted by molar-refractivity contribution is 0.311. The monoisotopic (exact) mass is 288 g/mol. The van der Waals surface area contributed by atoms with Gasteiger partial charge in [-0.15, -0.1) is 11.3 Å². The largest absolute Gasteiger partial charge is 0.370 e. The maximum absolute atomic E-state index is 5.93. The molecule has 0 bridgehead atoms. The van der Waals surface area contributed by atoms with Crippen LogP contribution < -0.4 is 11.1 Å². The summed E-state index contributed by atoms with van der Waals surface area (Å²) < 4.78 is 0. The number of guanidine groups is 1. The van der Waals surface area contributed by atoms with Crippen LogP contribution in [0.1, 0.15) is 10.9 Å². The second-order valence-corrected chi connectivity index (χ2v) is 5.69. The number of likely N-dealkylation sites (N-methyl/N-ethyl adjacent to an activating group) is 1. The number of rotatable bonds is 5. The van der Waals surface area contributed by atoms with Gasteiger partial charge in [0.15, 0.2) is 5.96 Å². The molecule has 106 valence electrons. The van der Waals surface area contributed by atoms with Crippen LogP contribution in [0, 0.1) is 0 Å². The number of para-hydroxylation sites is 1. The van der Waals surface area contributed by atoms with E-state index in [-0.39, 0.29) is 6.04 Å². The van der Waals surface area contributed by atoms with Crippen molar-refractivity contribution in [2.24, 2.45) is 10.7 Å². The Morgan fingerprint density at radius 3 is 2.60 bits per heavy atom. The topological polar surface area (TPSA) is 53.6 Å². The third-order valence-electron chi connectivity index (χ3n) is 2.98. The number of nitrogens with one attached hydrogen (secondary N) is 1. The summed E-state index contributed by atoms with van der Waals surface area (Å²) in [6.45, 7) is 0.638. The molecule has 4 nitrogen and oxygen atoms in total. The highest BCUT2D eigenvalue weighted by atomic mass is 32.1. The van der Waals surface area contributed by atoms with Crippen LogP contribution >= 0.6 is 11.3 Å². The van der Waals surface area contributed by atoms with Gasteiger partial charge < -0.3 is 16.0 Å². The Kier molecular flexibility index (Phi) is 5.15. The molecular weight excluding hydrogens is 268 g/mol. The Hall–Kier alpha value is -1.85. The van der Waals surface area contributed by atoms with E-state index in [1.54, 1.807) is 11.3 Å². The van der Waals surface area contributed by atoms with Crippen LogP contribution in [-0.4, -0.2) is 31.5 Å². The molecule has 0 aliphatic rings. The fourth-order valence-electron chi connectivity index (χ4n) is 1.88. The predicted molar refractivity (Wildman–Crippen MR) is 87.3 cm³/mol. The molecule has 20 heavy (non-hydrogen) atoms. The number of hydrogen-bond acceptors (Lipinski definition) is 3. The van der Waals surface area contributed by atoms with Crippen LogP contribution in [-0.2, 0) is 0 Å². The zero-order valence-electron chi connectivity index (χ0n) is 11.8. The fourth-order valence-corrected chi connectivity index (χ4v) is 2.80. The first-order chi connectivity index (χ1) is 9.66. The average molecular weight is 288 g/mol. The van der Waals surface area contributed by atoms with Gasteiger partial charge in [-0.3, -0.25) is 4.99 Å². The van der Waals surface area contributed by atoms with Gasteiger partial charge in [0, 0.05) is 10.6 Å². The third-order valence-corrected chi connectivity index (χ3v) is 3.95. The molecule has 1 aromatic carbocycles. The molecule has 5 heteroatoms. The van der Waals surface area contributed by atoms with Crippen LogP contribution in [0.5, 0.6) is 0 Å². The summed E-state index contributed by atoms with van der Waals surface area (Å²) >= 11 is 1.74. The van der Waals surface area contributed by atoms with Crippen molar-refractivity contribution in [2.45, 2.75) is 6.04 Å². The van der Waals surface area contributed by atoms with Gasteiger partial charge in [0.25, 0.3) is 0 Å². The number of anilines is 1. The van der Waals surface area contributed by atoms with Gasteiger partial charge in [0.05, 0.1) is 12.6 Å². The molecule has 0 saturated heterocycles. The van der Waals surface area contributed by atoms with E-state index >= 15 is 0 Å². The molecule has 1 atom stereocenters. The van der Waals surface area contributed by atoms with E-state index in [9.17, 15) is 0 Å². The smallest absolute Gasteiger partial charge is 0.193 e. The maximum atomic E-state index is 5.93. The normalized spacial score (nSPS) is 13.4. The molecule has 0 saturated carbocycles. The van der Waals surface area contributed by atoms with Gasteiger partial charge in [0.1, 0.15) is 0 Å². The van der Waals surface area contributed by atoms with Crippen molar-refractivity contribution in [2.75, 3.05) is 26.0 Å². The highest BCUT2D eigenvalue weighted by molar-refractivity contribution is 7.10. The van der Waals surface area contributed by atoms with E-state index in [0.717, 1.165) is 5.69 Å². The zero-order valence-corrected chi connectivity index (χ0v) is 12.6. The van der Waals surface area contributed by atoms with Crippen LogP contribution in [0.25, 0.3) is 0 Å². The number of nitrogens with zero attached hydrogens (tertiary/aromatic N) is 2. The Balaban J connectivity index is 1.99. The van der Waals surface area contributed by atoms with Crippen molar-refractivity contribution in [1.82, 2.24) is 4.90 Å².